The smallest absolute Gasteiger partial charge is 0.156 e. The van der Waals surface area contributed by atoms with Gasteiger partial charge in [0, 0.05) is 18.3 Å². The number of Topliss-reactive ketones (excluding diaryl/α,β-unsaturated/α-hetero) is 1. The SMILES string of the molecule is CC1=C2C=CC=CN2CC(=O)C1. The predicted octanol–water partition coefficient (Wildman–Crippen LogP) is 1.62. The number of rotatable bonds is 0. The van der Waals surface area contributed by atoms with Crippen LogP contribution >= 0.6 is 0 Å². The lowest BCUT2D eigenvalue weighted by atomic mass is 10.0. The van der Waals surface area contributed by atoms with Gasteiger partial charge >= 0.3 is 0 Å². The minimum atomic E-state index is 0.302. The highest BCUT2D eigenvalue weighted by Crippen LogP contribution is 2.23. The quantitative estimate of drug-likeness (QED) is 0.538. The van der Waals surface area contributed by atoms with E-state index < -0.39 is 0 Å². The summed E-state index contributed by atoms with van der Waals surface area (Å²) in [6.07, 6.45) is 8.59. The molecule has 0 amide bonds. The minimum Gasteiger partial charge on any atom is -0.341 e. The lowest BCUT2D eigenvalue weighted by Crippen LogP contribution is -2.30. The number of allylic oxidation sites excluding steroid dienone is 4. The molecule has 2 heteroatoms. The Bertz CT molecular complexity index is 310. The Morgan fingerprint density at radius 2 is 2.25 bits per heavy atom. The van der Waals surface area contributed by atoms with Crippen molar-refractivity contribution in [2.45, 2.75) is 13.3 Å². The van der Waals surface area contributed by atoms with E-state index in [1.165, 1.54) is 11.3 Å². The molecule has 0 aromatic heterocycles. The molecule has 0 unspecified atom stereocenters. The zero-order valence-electron chi connectivity index (χ0n) is 7.08. The van der Waals surface area contributed by atoms with Gasteiger partial charge in [0.2, 0.25) is 0 Å². The fourth-order valence-corrected chi connectivity index (χ4v) is 1.63. The second-order valence-electron chi connectivity index (χ2n) is 3.21. The number of fused-ring (bicyclic) bond motifs is 1. The van der Waals surface area contributed by atoms with Gasteiger partial charge in [0.05, 0.1) is 6.54 Å². The maximum absolute atomic E-state index is 11.2. The normalized spacial score (nSPS) is 21.8. The van der Waals surface area contributed by atoms with Crippen molar-refractivity contribution in [3.8, 4) is 0 Å². The molecule has 0 saturated heterocycles. The van der Waals surface area contributed by atoms with Crippen molar-refractivity contribution in [1.29, 1.82) is 0 Å². The molecule has 0 aliphatic carbocycles. The molecule has 0 fully saturated rings. The topological polar surface area (TPSA) is 20.3 Å². The summed E-state index contributed by atoms with van der Waals surface area (Å²) in [6.45, 7) is 2.55. The largest absolute Gasteiger partial charge is 0.341 e. The van der Waals surface area contributed by atoms with Gasteiger partial charge in [-0.2, -0.15) is 0 Å². The van der Waals surface area contributed by atoms with Crippen molar-refractivity contribution in [3.05, 3.63) is 35.7 Å². The summed E-state index contributed by atoms with van der Waals surface area (Å²) >= 11 is 0. The van der Waals surface area contributed by atoms with Gasteiger partial charge in [0.25, 0.3) is 0 Å². The first-order valence-corrected chi connectivity index (χ1v) is 4.10. The van der Waals surface area contributed by atoms with Crippen LogP contribution in [0.1, 0.15) is 13.3 Å². The van der Waals surface area contributed by atoms with Crippen LogP contribution in [0.4, 0.5) is 0 Å². The maximum Gasteiger partial charge on any atom is 0.156 e. The highest BCUT2D eigenvalue weighted by atomic mass is 16.1. The van der Waals surface area contributed by atoms with Crippen molar-refractivity contribution < 1.29 is 4.79 Å². The van der Waals surface area contributed by atoms with Gasteiger partial charge in [0.1, 0.15) is 0 Å². The fraction of sp³-hybridized carbons (Fsp3) is 0.300. The van der Waals surface area contributed by atoms with Crippen LogP contribution < -0.4 is 0 Å². The van der Waals surface area contributed by atoms with Crippen molar-refractivity contribution in [2.75, 3.05) is 6.54 Å². The summed E-state index contributed by atoms with van der Waals surface area (Å²) in [5.74, 6) is 0.302. The van der Waals surface area contributed by atoms with Crippen LogP contribution in [0.15, 0.2) is 35.7 Å². The summed E-state index contributed by atoms with van der Waals surface area (Å²) in [4.78, 5) is 13.2. The van der Waals surface area contributed by atoms with Crippen LogP contribution in [0.3, 0.4) is 0 Å². The maximum atomic E-state index is 11.2. The third-order valence-electron chi connectivity index (χ3n) is 2.19. The molecule has 2 aliphatic rings. The summed E-state index contributed by atoms with van der Waals surface area (Å²) in [5.41, 5.74) is 2.36. The Labute approximate surface area is 71.9 Å². The third-order valence-corrected chi connectivity index (χ3v) is 2.19. The zero-order valence-corrected chi connectivity index (χ0v) is 7.08. The Hall–Kier alpha value is -1.31. The summed E-state index contributed by atoms with van der Waals surface area (Å²) in [7, 11) is 0. The molecule has 2 nitrogen and oxygen atoms in total. The number of carbonyl (C=O) groups excluding carboxylic acids is 1. The van der Waals surface area contributed by atoms with E-state index in [9.17, 15) is 4.79 Å². The Morgan fingerprint density at radius 1 is 1.42 bits per heavy atom. The van der Waals surface area contributed by atoms with E-state index >= 15 is 0 Å². The Kier molecular flexibility index (Phi) is 1.61. The predicted molar refractivity (Wildman–Crippen MR) is 47.3 cm³/mol. The molecule has 0 atom stereocenters. The third kappa shape index (κ3) is 1.09. The second-order valence-corrected chi connectivity index (χ2v) is 3.21. The van der Waals surface area contributed by atoms with Crippen LogP contribution in [0.2, 0.25) is 0 Å². The van der Waals surface area contributed by atoms with E-state index in [4.69, 9.17) is 0 Å². The zero-order chi connectivity index (χ0) is 8.55. The average Bonchev–Trinajstić information content (AvgIpc) is 2.04. The first-order valence-electron chi connectivity index (χ1n) is 4.10. The van der Waals surface area contributed by atoms with Gasteiger partial charge in [-0.15, -0.1) is 0 Å². The molecule has 2 rings (SSSR count). The molecule has 0 bridgehead atoms. The molecule has 2 aliphatic heterocycles. The first kappa shape index (κ1) is 7.35. The molecular formula is C10H11NO. The van der Waals surface area contributed by atoms with E-state index in [2.05, 4.69) is 6.08 Å². The molecule has 62 valence electrons. The monoisotopic (exact) mass is 161 g/mol. The van der Waals surface area contributed by atoms with Crippen LogP contribution in [-0.4, -0.2) is 17.2 Å². The summed E-state index contributed by atoms with van der Waals surface area (Å²) < 4.78 is 0. The number of nitrogens with zero attached hydrogens (tertiary/aromatic N) is 1. The van der Waals surface area contributed by atoms with Crippen molar-refractivity contribution in [1.82, 2.24) is 4.90 Å². The Balaban J connectivity index is 2.40. The van der Waals surface area contributed by atoms with Gasteiger partial charge < -0.3 is 4.90 Å². The molecule has 0 aromatic carbocycles. The summed E-state index contributed by atoms with van der Waals surface area (Å²) in [5, 5.41) is 0. The fourth-order valence-electron chi connectivity index (χ4n) is 1.63. The van der Waals surface area contributed by atoms with Crippen LogP contribution in [0, 0.1) is 0 Å². The van der Waals surface area contributed by atoms with E-state index in [1.807, 2.05) is 30.2 Å². The van der Waals surface area contributed by atoms with Crippen LogP contribution in [-0.2, 0) is 4.79 Å². The van der Waals surface area contributed by atoms with E-state index in [0.29, 0.717) is 18.7 Å². The highest BCUT2D eigenvalue weighted by Gasteiger charge is 2.20. The van der Waals surface area contributed by atoms with Gasteiger partial charge in [-0.05, 0) is 24.6 Å². The van der Waals surface area contributed by atoms with Crippen molar-refractivity contribution >= 4 is 5.78 Å². The number of carbonyl (C=O) groups is 1. The van der Waals surface area contributed by atoms with Gasteiger partial charge in [-0.25, -0.2) is 0 Å². The molecule has 0 N–H and O–H groups in total. The Morgan fingerprint density at radius 3 is 3.08 bits per heavy atom. The van der Waals surface area contributed by atoms with Crippen molar-refractivity contribution in [2.24, 2.45) is 0 Å². The standard InChI is InChI=1S/C10H11NO/c1-8-6-9(12)7-11-5-3-2-4-10(8)11/h2-5H,6-7H2,1H3. The average molecular weight is 161 g/mol. The molecule has 0 aromatic rings. The lowest BCUT2D eigenvalue weighted by Gasteiger charge is -2.28. The molecule has 0 radical (unpaired) electrons. The number of hydrogen-bond acceptors (Lipinski definition) is 2. The van der Waals surface area contributed by atoms with Gasteiger partial charge in [-0.3, -0.25) is 4.79 Å². The number of hydrogen-bond donors (Lipinski definition) is 0. The van der Waals surface area contributed by atoms with E-state index in [-0.39, 0.29) is 0 Å². The minimum absolute atomic E-state index is 0.302. The summed E-state index contributed by atoms with van der Waals surface area (Å²) in [6, 6.07) is 0. The molecule has 12 heavy (non-hydrogen) atoms. The molecule has 2 heterocycles. The van der Waals surface area contributed by atoms with Gasteiger partial charge in [0.15, 0.2) is 5.78 Å². The lowest BCUT2D eigenvalue weighted by molar-refractivity contribution is -0.119. The number of ketones is 1. The van der Waals surface area contributed by atoms with E-state index in [1.54, 1.807) is 0 Å². The molecule has 0 spiro atoms. The van der Waals surface area contributed by atoms with Crippen LogP contribution in [0.25, 0.3) is 0 Å². The van der Waals surface area contributed by atoms with Crippen LogP contribution in [0.5, 0.6) is 0 Å². The molecule has 0 saturated carbocycles. The second kappa shape index (κ2) is 2.63. The highest BCUT2D eigenvalue weighted by molar-refractivity contribution is 5.85. The molecular weight excluding hydrogens is 150 g/mol. The first-order chi connectivity index (χ1) is 5.77. The van der Waals surface area contributed by atoms with Gasteiger partial charge in [-0.1, -0.05) is 6.08 Å². The van der Waals surface area contributed by atoms with E-state index in [0.717, 1.165) is 0 Å². The van der Waals surface area contributed by atoms with Crippen molar-refractivity contribution in [3.63, 3.8) is 0 Å².